The molecule has 0 bridgehead atoms. The summed E-state index contributed by atoms with van der Waals surface area (Å²) in [5, 5.41) is 12.8. The topological polar surface area (TPSA) is 106 Å². The molecule has 4 rings (SSSR count). The Morgan fingerprint density at radius 3 is 2.55 bits per heavy atom. The second kappa shape index (κ2) is 9.16. The SMILES string of the molecule is CCOc1ccc(C(=O)C2=C(O)C(=O)N(c3nc(C)c(C(=O)OC)s3)C2c2cccs2)cc1. The lowest BCUT2D eigenvalue weighted by atomic mass is 9.97. The molecule has 33 heavy (non-hydrogen) atoms. The van der Waals surface area contributed by atoms with Crippen molar-refractivity contribution in [3.63, 3.8) is 0 Å². The molecule has 1 aliphatic heterocycles. The van der Waals surface area contributed by atoms with Gasteiger partial charge in [0, 0.05) is 10.4 Å². The molecular formula is C23H20N2O6S2. The van der Waals surface area contributed by atoms with E-state index in [-0.39, 0.29) is 15.6 Å². The highest BCUT2D eigenvalue weighted by Crippen LogP contribution is 2.45. The van der Waals surface area contributed by atoms with Gasteiger partial charge in [-0.1, -0.05) is 17.4 Å². The maximum absolute atomic E-state index is 13.5. The summed E-state index contributed by atoms with van der Waals surface area (Å²) >= 11 is 2.32. The van der Waals surface area contributed by atoms with Gasteiger partial charge in [-0.05, 0) is 49.6 Å². The van der Waals surface area contributed by atoms with Crippen LogP contribution >= 0.6 is 22.7 Å². The molecule has 1 amide bonds. The summed E-state index contributed by atoms with van der Waals surface area (Å²) < 4.78 is 10.2. The molecule has 3 aromatic rings. The zero-order valence-electron chi connectivity index (χ0n) is 18.0. The predicted molar refractivity (Wildman–Crippen MR) is 124 cm³/mol. The number of aliphatic hydroxyl groups is 1. The van der Waals surface area contributed by atoms with Crippen LogP contribution in [-0.4, -0.2) is 41.5 Å². The minimum Gasteiger partial charge on any atom is -0.503 e. The average Bonchev–Trinajstić information content (AvgIpc) is 3.53. The monoisotopic (exact) mass is 484 g/mol. The number of hydrogen-bond acceptors (Lipinski definition) is 9. The Morgan fingerprint density at radius 1 is 1.21 bits per heavy atom. The lowest BCUT2D eigenvalue weighted by Gasteiger charge is -2.23. The van der Waals surface area contributed by atoms with Gasteiger partial charge in [-0.25, -0.2) is 9.78 Å². The van der Waals surface area contributed by atoms with Crippen molar-refractivity contribution in [2.75, 3.05) is 18.6 Å². The Bertz CT molecular complexity index is 1240. The van der Waals surface area contributed by atoms with Crippen LogP contribution in [0.1, 0.15) is 43.6 Å². The number of carbonyl (C=O) groups excluding carboxylic acids is 3. The van der Waals surface area contributed by atoms with E-state index < -0.39 is 29.5 Å². The molecule has 8 nitrogen and oxygen atoms in total. The maximum Gasteiger partial charge on any atom is 0.350 e. The molecule has 10 heteroatoms. The van der Waals surface area contributed by atoms with E-state index >= 15 is 0 Å². The number of thiazole rings is 1. The number of nitrogens with zero attached hydrogens (tertiary/aromatic N) is 2. The number of aromatic nitrogens is 1. The van der Waals surface area contributed by atoms with Crippen LogP contribution in [0.25, 0.3) is 0 Å². The molecule has 0 radical (unpaired) electrons. The molecule has 0 aliphatic carbocycles. The molecule has 1 N–H and O–H groups in total. The molecule has 1 atom stereocenters. The summed E-state index contributed by atoms with van der Waals surface area (Å²) in [6, 6.07) is 9.20. The lowest BCUT2D eigenvalue weighted by Crippen LogP contribution is -2.30. The van der Waals surface area contributed by atoms with Gasteiger partial charge in [0.25, 0.3) is 5.91 Å². The molecule has 170 valence electrons. The zero-order valence-corrected chi connectivity index (χ0v) is 19.7. The minimum atomic E-state index is -0.882. The van der Waals surface area contributed by atoms with E-state index in [1.165, 1.54) is 23.3 Å². The van der Waals surface area contributed by atoms with Crippen LogP contribution in [0, 0.1) is 6.92 Å². The number of ketones is 1. The minimum absolute atomic E-state index is 0.0425. The number of hydrogen-bond donors (Lipinski definition) is 1. The average molecular weight is 485 g/mol. The fourth-order valence-electron chi connectivity index (χ4n) is 3.54. The van der Waals surface area contributed by atoms with Crippen LogP contribution in [0.4, 0.5) is 5.13 Å². The van der Waals surface area contributed by atoms with E-state index in [1.807, 2.05) is 12.3 Å². The van der Waals surface area contributed by atoms with Gasteiger partial charge in [0.2, 0.25) is 0 Å². The Labute approximate surface area is 197 Å². The number of amides is 1. The Balaban J connectivity index is 1.78. The van der Waals surface area contributed by atoms with Crippen molar-refractivity contribution >= 4 is 45.5 Å². The number of aliphatic hydroxyl groups excluding tert-OH is 1. The largest absolute Gasteiger partial charge is 0.503 e. The first-order chi connectivity index (χ1) is 15.9. The summed E-state index contributed by atoms with van der Waals surface area (Å²) in [7, 11) is 1.26. The number of esters is 1. The summed E-state index contributed by atoms with van der Waals surface area (Å²) in [6.45, 7) is 3.98. The van der Waals surface area contributed by atoms with Crippen LogP contribution in [0.2, 0.25) is 0 Å². The number of anilines is 1. The fraction of sp³-hybridized carbons (Fsp3) is 0.217. The Hall–Kier alpha value is -3.50. The van der Waals surface area contributed by atoms with Crippen molar-refractivity contribution in [2.24, 2.45) is 0 Å². The number of aryl methyl sites for hydroxylation is 1. The van der Waals surface area contributed by atoms with Crippen molar-refractivity contribution in [1.29, 1.82) is 0 Å². The summed E-state index contributed by atoms with van der Waals surface area (Å²) in [5.74, 6) is -1.84. The highest BCUT2D eigenvalue weighted by atomic mass is 32.1. The van der Waals surface area contributed by atoms with E-state index in [0.29, 0.717) is 28.5 Å². The van der Waals surface area contributed by atoms with E-state index in [1.54, 1.807) is 43.3 Å². The number of Topliss-reactive ketones (excluding diaryl/α,β-unsaturated/α-hetero) is 1. The standard InChI is InChI=1S/C23H20N2O6S2/c1-4-31-14-9-7-13(8-10-14)18(26)16-17(15-6-5-11-32-15)25(21(28)19(16)27)23-24-12(2)20(33-23)22(29)30-3/h5-11,17,27H,4H2,1-3H3. The van der Waals surface area contributed by atoms with Gasteiger partial charge in [0.05, 0.1) is 25.0 Å². The maximum atomic E-state index is 13.5. The molecule has 0 fully saturated rings. The lowest BCUT2D eigenvalue weighted by molar-refractivity contribution is -0.117. The molecule has 3 heterocycles. The number of methoxy groups -OCH3 is 1. The van der Waals surface area contributed by atoms with Crippen LogP contribution in [0.5, 0.6) is 5.75 Å². The molecule has 1 aliphatic rings. The first kappa shape index (κ1) is 22.7. The third-order valence-corrected chi connectivity index (χ3v) is 7.12. The van der Waals surface area contributed by atoms with E-state index in [4.69, 9.17) is 9.47 Å². The van der Waals surface area contributed by atoms with Gasteiger partial charge in [-0.3, -0.25) is 14.5 Å². The molecule has 1 unspecified atom stereocenters. The van der Waals surface area contributed by atoms with Crippen molar-refractivity contribution in [2.45, 2.75) is 19.9 Å². The van der Waals surface area contributed by atoms with Crippen LogP contribution in [0.15, 0.2) is 53.1 Å². The molecule has 2 aromatic heterocycles. The number of benzene rings is 1. The van der Waals surface area contributed by atoms with Gasteiger partial charge in [-0.15, -0.1) is 11.3 Å². The number of thiophene rings is 1. The fourth-order valence-corrected chi connectivity index (χ4v) is 5.38. The van der Waals surface area contributed by atoms with Gasteiger partial charge >= 0.3 is 5.97 Å². The van der Waals surface area contributed by atoms with Gasteiger partial charge in [0.1, 0.15) is 16.7 Å². The number of ether oxygens (including phenoxy) is 2. The summed E-state index contributed by atoms with van der Waals surface area (Å²) in [5.41, 5.74) is 0.659. The first-order valence-electron chi connectivity index (χ1n) is 10.0. The summed E-state index contributed by atoms with van der Waals surface area (Å²) in [4.78, 5) is 45.2. The van der Waals surface area contributed by atoms with Gasteiger partial charge < -0.3 is 14.6 Å². The van der Waals surface area contributed by atoms with Crippen molar-refractivity contribution < 1.29 is 29.0 Å². The van der Waals surface area contributed by atoms with E-state index in [9.17, 15) is 19.5 Å². The second-order valence-corrected chi connectivity index (χ2v) is 9.00. The number of carbonyl (C=O) groups is 3. The van der Waals surface area contributed by atoms with Crippen molar-refractivity contribution in [1.82, 2.24) is 4.98 Å². The van der Waals surface area contributed by atoms with Crippen LogP contribution in [0.3, 0.4) is 0 Å². The smallest absolute Gasteiger partial charge is 0.350 e. The van der Waals surface area contributed by atoms with Crippen LogP contribution in [-0.2, 0) is 9.53 Å². The predicted octanol–water partition coefficient (Wildman–Crippen LogP) is 4.48. The second-order valence-electron chi connectivity index (χ2n) is 7.04. The van der Waals surface area contributed by atoms with E-state index in [0.717, 1.165) is 11.3 Å². The quantitative estimate of drug-likeness (QED) is 0.389. The molecule has 0 spiro atoms. The van der Waals surface area contributed by atoms with Gasteiger partial charge in [-0.2, -0.15) is 0 Å². The third-order valence-electron chi connectivity index (χ3n) is 5.06. The summed E-state index contributed by atoms with van der Waals surface area (Å²) in [6.07, 6.45) is 0. The van der Waals surface area contributed by atoms with Crippen LogP contribution < -0.4 is 9.64 Å². The molecule has 0 saturated carbocycles. The third kappa shape index (κ3) is 4.03. The van der Waals surface area contributed by atoms with Crippen molar-refractivity contribution in [3.8, 4) is 5.75 Å². The molecule has 0 saturated heterocycles. The molecular weight excluding hydrogens is 464 g/mol. The van der Waals surface area contributed by atoms with E-state index in [2.05, 4.69) is 4.98 Å². The Kier molecular flexibility index (Phi) is 6.30. The zero-order chi connectivity index (χ0) is 23.7. The first-order valence-corrected chi connectivity index (χ1v) is 11.7. The number of rotatable bonds is 7. The highest BCUT2D eigenvalue weighted by Gasteiger charge is 2.46. The van der Waals surface area contributed by atoms with Crippen molar-refractivity contribution in [3.05, 3.63) is 74.1 Å². The van der Waals surface area contributed by atoms with Gasteiger partial charge in [0.15, 0.2) is 16.7 Å². The normalized spacial score (nSPS) is 15.8. The highest BCUT2D eigenvalue weighted by molar-refractivity contribution is 7.17. The Morgan fingerprint density at radius 2 is 1.94 bits per heavy atom. The molecule has 1 aromatic carbocycles.